The number of amides is 1. The highest BCUT2D eigenvalue weighted by Crippen LogP contribution is 2.24. The molecule has 0 saturated carbocycles. The van der Waals surface area contributed by atoms with Crippen LogP contribution < -0.4 is 4.74 Å². The van der Waals surface area contributed by atoms with Gasteiger partial charge in [0.1, 0.15) is 17.9 Å². The van der Waals surface area contributed by atoms with Gasteiger partial charge in [-0.1, -0.05) is 30.3 Å². The summed E-state index contributed by atoms with van der Waals surface area (Å²) in [6.07, 6.45) is 0. The molecule has 2 rings (SSSR count). The second-order valence-electron chi connectivity index (χ2n) is 5.12. The number of nitrogens with zero attached hydrogens (tertiary/aromatic N) is 2. The number of ether oxygens (including phenoxy) is 1. The molecule has 2 aromatic rings. The lowest BCUT2D eigenvalue weighted by Crippen LogP contribution is -2.31. The van der Waals surface area contributed by atoms with Gasteiger partial charge in [-0.3, -0.25) is 14.9 Å². The molecule has 0 aliphatic carbocycles. The Bertz CT molecular complexity index is 701. The average Bonchev–Trinajstić information content (AvgIpc) is 2.54. The summed E-state index contributed by atoms with van der Waals surface area (Å²) in [6.45, 7) is 2.26. The predicted octanol–water partition coefficient (Wildman–Crippen LogP) is 3.05. The fraction of sp³-hybridized carbons (Fsp3) is 0.235. The normalized spacial score (nSPS) is 10.2. The molecule has 0 heterocycles. The fourth-order valence-electron chi connectivity index (χ4n) is 2.20. The maximum atomic E-state index is 12.4. The van der Waals surface area contributed by atoms with Crippen molar-refractivity contribution in [3.8, 4) is 5.75 Å². The van der Waals surface area contributed by atoms with Crippen LogP contribution in [0.2, 0.25) is 0 Å². The Hall–Kier alpha value is -2.89. The lowest BCUT2D eigenvalue weighted by Gasteiger charge is -2.18. The van der Waals surface area contributed by atoms with E-state index in [1.54, 1.807) is 26.1 Å². The van der Waals surface area contributed by atoms with Crippen LogP contribution in [0.4, 0.5) is 5.69 Å². The number of carbonyl (C=O) groups excluding carboxylic acids is 1. The molecule has 0 radical (unpaired) electrons. The summed E-state index contributed by atoms with van der Waals surface area (Å²) < 4.78 is 5.54. The van der Waals surface area contributed by atoms with E-state index in [2.05, 4.69) is 0 Å². The maximum absolute atomic E-state index is 12.4. The molecule has 0 atom stereocenters. The highest BCUT2D eigenvalue weighted by Gasteiger charge is 2.24. The molecule has 0 N–H and O–H groups in total. The van der Waals surface area contributed by atoms with Crippen molar-refractivity contribution in [1.82, 2.24) is 4.90 Å². The van der Waals surface area contributed by atoms with Crippen molar-refractivity contribution in [2.24, 2.45) is 0 Å². The first kappa shape index (κ1) is 16.5. The van der Waals surface area contributed by atoms with Gasteiger partial charge in [0, 0.05) is 12.6 Å². The van der Waals surface area contributed by atoms with Gasteiger partial charge in [-0.15, -0.1) is 0 Å². The minimum absolute atomic E-state index is 0.0946. The minimum atomic E-state index is -0.517. The van der Waals surface area contributed by atoms with E-state index in [-0.39, 0.29) is 11.3 Å². The lowest BCUT2D eigenvalue weighted by molar-refractivity contribution is -0.385. The van der Waals surface area contributed by atoms with Crippen LogP contribution in [0, 0.1) is 17.0 Å². The van der Waals surface area contributed by atoms with E-state index in [0.717, 1.165) is 5.75 Å². The molecule has 23 heavy (non-hydrogen) atoms. The Morgan fingerprint density at radius 1 is 1.17 bits per heavy atom. The van der Waals surface area contributed by atoms with Gasteiger partial charge in [-0.2, -0.15) is 0 Å². The van der Waals surface area contributed by atoms with E-state index in [4.69, 9.17) is 4.74 Å². The number of rotatable bonds is 6. The topological polar surface area (TPSA) is 72.7 Å². The first-order valence-electron chi connectivity index (χ1n) is 7.18. The SMILES string of the molecule is Cc1cccc(C(=O)N(C)CCOc2ccccc2)c1[N+](=O)[O-]. The zero-order valence-electron chi connectivity index (χ0n) is 13.1. The Morgan fingerprint density at radius 3 is 2.52 bits per heavy atom. The zero-order valence-corrected chi connectivity index (χ0v) is 13.1. The highest BCUT2D eigenvalue weighted by atomic mass is 16.6. The molecule has 0 unspecified atom stereocenters. The van der Waals surface area contributed by atoms with E-state index in [9.17, 15) is 14.9 Å². The van der Waals surface area contributed by atoms with Gasteiger partial charge in [0.25, 0.3) is 11.6 Å². The van der Waals surface area contributed by atoms with Crippen LogP contribution in [0.1, 0.15) is 15.9 Å². The molecule has 1 amide bonds. The van der Waals surface area contributed by atoms with Crippen LogP contribution in [0.15, 0.2) is 48.5 Å². The van der Waals surface area contributed by atoms with E-state index in [1.807, 2.05) is 30.3 Å². The van der Waals surface area contributed by atoms with Crippen molar-refractivity contribution in [2.75, 3.05) is 20.2 Å². The summed E-state index contributed by atoms with van der Waals surface area (Å²) in [6, 6.07) is 14.0. The number of likely N-dealkylation sites (N-methyl/N-ethyl adjacent to an activating group) is 1. The Morgan fingerprint density at radius 2 is 1.87 bits per heavy atom. The van der Waals surface area contributed by atoms with E-state index in [0.29, 0.717) is 18.7 Å². The Kier molecular flexibility index (Phi) is 5.30. The van der Waals surface area contributed by atoms with Crippen LogP contribution in [0.5, 0.6) is 5.75 Å². The molecular formula is C17H18N2O4. The number of nitro groups is 1. The average molecular weight is 314 g/mol. The summed E-state index contributed by atoms with van der Waals surface area (Å²) in [4.78, 5) is 24.5. The van der Waals surface area contributed by atoms with E-state index < -0.39 is 10.8 Å². The molecule has 0 bridgehead atoms. The van der Waals surface area contributed by atoms with Gasteiger partial charge in [-0.05, 0) is 25.1 Å². The van der Waals surface area contributed by atoms with Gasteiger partial charge < -0.3 is 9.64 Å². The molecule has 6 heteroatoms. The third-order valence-electron chi connectivity index (χ3n) is 3.44. The van der Waals surface area contributed by atoms with E-state index >= 15 is 0 Å². The quantitative estimate of drug-likeness (QED) is 0.607. The Balaban J connectivity index is 2.03. The molecular weight excluding hydrogens is 296 g/mol. The number of carbonyl (C=O) groups is 1. The van der Waals surface area contributed by atoms with Crippen LogP contribution in [0.3, 0.4) is 0 Å². The molecule has 0 saturated heterocycles. The van der Waals surface area contributed by atoms with Gasteiger partial charge in [0.15, 0.2) is 0 Å². The zero-order chi connectivity index (χ0) is 16.8. The molecule has 2 aromatic carbocycles. The lowest BCUT2D eigenvalue weighted by atomic mass is 10.1. The van der Waals surface area contributed by atoms with Crippen LogP contribution in [-0.2, 0) is 0 Å². The monoisotopic (exact) mass is 314 g/mol. The molecule has 0 aliphatic heterocycles. The summed E-state index contributed by atoms with van der Waals surface area (Å²) in [5.74, 6) is 0.326. The second-order valence-corrected chi connectivity index (χ2v) is 5.12. The first-order valence-corrected chi connectivity index (χ1v) is 7.18. The number of benzene rings is 2. The number of hydrogen-bond acceptors (Lipinski definition) is 4. The summed E-state index contributed by atoms with van der Waals surface area (Å²) in [5.41, 5.74) is 0.417. The van der Waals surface area contributed by atoms with Crippen LogP contribution in [0.25, 0.3) is 0 Å². The third kappa shape index (κ3) is 4.06. The van der Waals surface area contributed by atoms with Crippen LogP contribution >= 0.6 is 0 Å². The third-order valence-corrected chi connectivity index (χ3v) is 3.44. The summed E-state index contributed by atoms with van der Waals surface area (Å²) in [5, 5.41) is 11.2. The van der Waals surface area contributed by atoms with Gasteiger partial charge in [0.2, 0.25) is 0 Å². The fourth-order valence-corrected chi connectivity index (χ4v) is 2.20. The molecule has 0 aromatic heterocycles. The molecule has 6 nitrogen and oxygen atoms in total. The predicted molar refractivity (Wildman–Crippen MR) is 86.7 cm³/mol. The Labute approximate surface area is 134 Å². The van der Waals surface area contributed by atoms with Crippen molar-refractivity contribution in [3.63, 3.8) is 0 Å². The van der Waals surface area contributed by atoms with Gasteiger partial charge in [0.05, 0.1) is 11.5 Å². The van der Waals surface area contributed by atoms with Crippen molar-refractivity contribution in [1.29, 1.82) is 0 Å². The van der Waals surface area contributed by atoms with Crippen molar-refractivity contribution < 1.29 is 14.5 Å². The first-order chi connectivity index (χ1) is 11.0. The molecule has 120 valence electrons. The van der Waals surface area contributed by atoms with Gasteiger partial charge >= 0.3 is 0 Å². The number of para-hydroxylation sites is 2. The van der Waals surface area contributed by atoms with Crippen molar-refractivity contribution in [2.45, 2.75) is 6.92 Å². The van der Waals surface area contributed by atoms with Gasteiger partial charge in [-0.25, -0.2) is 0 Å². The molecule has 0 fully saturated rings. The number of hydrogen-bond donors (Lipinski definition) is 0. The summed E-state index contributed by atoms with van der Waals surface area (Å²) >= 11 is 0. The number of nitro benzene ring substituents is 1. The molecule has 0 aliphatic rings. The van der Waals surface area contributed by atoms with Crippen molar-refractivity contribution >= 4 is 11.6 Å². The van der Waals surface area contributed by atoms with E-state index in [1.165, 1.54) is 11.0 Å². The van der Waals surface area contributed by atoms with Crippen molar-refractivity contribution in [3.05, 3.63) is 69.8 Å². The highest BCUT2D eigenvalue weighted by molar-refractivity contribution is 5.98. The molecule has 0 spiro atoms. The summed E-state index contributed by atoms with van der Waals surface area (Å²) in [7, 11) is 1.60. The minimum Gasteiger partial charge on any atom is -0.492 e. The number of aryl methyl sites for hydroxylation is 1. The van der Waals surface area contributed by atoms with Crippen LogP contribution in [-0.4, -0.2) is 35.9 Å². The smallest absolute Gasteiger partial charge is 0.285 e. The standard InChI is InChI=1S/C17H18N2O4/c1-13-7-6-10-15(16(13)19(21)22)17(20)18(2)11-12-23-14-8-4-3-5-9-14/h3-10H,11-12H2,1-2H3. The largest absolute Gasteiger partial charge is 0.492 e. The second kappa shape index (κ2) is 7.40. The maximum Gasteiger partial charge on any atom is 0.285 e.